The zero-order chi connectivity index (χ0) is 31.4. The van der Waals surface area contributed by atoms with E-state index in [2.05, 4.69) is 36.3 Å². The molecule has 1 atom stereocenters. The van der Waals surface area contributed by atoms with Gasteiger partial charge in [-0.3, -0.25) is 14.4 Å². The fourth-order valence-corrected chi connectivity index (χ4v) is 4.81. The first-order chi connectivity index (χ1) is 21.1. The van der Waals surface area contributed by atoms with Gasteiger partial charge in [-0.2, -0.15) is 4.98 Å². The molecule has 1 unspecified atom stereocenters. The molecule has 14 nitrogen and oxygen atoms in total. The number of para-hydroxylation sites is 1. The first-order valence-corrected chi connectivity index (χ1v) is 14.7. The number of hydrogen-bond donors (Lipinski definition) is 3. The third kappa shape index (κ3) is 7.21. The molecule has 17 heteroatoms. The molecule has 1 aromatic carbocycles. The third-order valence-electron chi connectivity index (χ3n) is 7.20. The molecule has 228 valence electrons. The fraction of sp³-hybridized carbons (Fsp3) is 0.444. The number of aromatic nitrogens is 4. The van der Waals surface area contributed by atoms with Crippen molar-refractivity contribution in [3.05, 3.63) is 35.9 Å². The van der Waals surface area contributed by atoms with Crippen molar-refractivity contribution in [2.75, 3.05) is 44.0 Å². The summed E-state index contributed by atoms with van der Waals surface area (Å²) >= 11 is 0. The molecule has 2 aliphatic rings. The van der Waals surface area contributed by atoms with Crippen molar-refractivity contribution in [1.82, 2.24) is 30.6 Å². The highest BCUT2D eigenvalue weighted by molar-refractivity contribution is 6.60. The Morgan fingerprint density at radius 3 is 2.55 bits per heavy atom. The lowest BCUT2D eigenvalue weighted by atomic mass is 9.49. The van der Waals surface area contributed by atoms with Gasteiger partial charge in [0.1, 0.15) is 29.5 Å². The number of amides is 3. The van der Waals surface area contributed by atoms with Crippen LogP contribution in [0.4, 0.5) is 17.2 Å². The average molecular weight is 600 g/mol. The van der Waals surface area contributed by atoms with Gasteiger partial charge in [0.25, 0.3) is 5.91 Å². The maximum absolute atomic E-state index is 13.2. The molecule has 3 heterocycles. The first-order valence-electron chi connectivity index (χ1n) is 14.7. The number of nitrogens with zero attached hydrogens (tertiary/aromatic N) is 5. The lowest BCUT2D eigenvalue weighted by Crippen LogP contribution is -2.50. The number of benzene rings is 1. The van der Waals surface area contributed by atoms with Gasteiger partial charge in [-0.05, 0) is 36.6 Å². The van der Waals surface area contributed by atoms with E-state index in [0.29, 0.717) is 55.4 Å². The summed E-state index contributed by atoms with van der Waals surface area (Å²) < 4.78 is 16.7. The summed E-state index contributed by atoms with van der Waals surface area (Å²) in [5, 5.41) is 20.8. The van der Waals surface area contributed by atoms with E-state index < -0.39 is 17.1 Å². The fourth-order valence-electron chi connectivity index (χ4n) is 4.81. The monoisotopic (exact) mass is 600 g/mol. The molecule has 3 aromatic rings. The smallest absolute Gasteiger partial charge is 0.272 e. The third-order valence-corrected chi connectivity index (χ3v) is 7.20. The van der Waals surface area contributed by atoms with Gasteiger partial charge in [-0.1, -0.05) is 18.1 Å². The van der Waals surface area contributed by atoms with Crippen molar-refractivity contribution in [2.45, 2.75) is 37.3 Å². The van der Waals surface area contributed by atoms with Crippen LogP contribution < -0.4 is 20.7 Å². The van der Waals surface area contributed by atoms with E-state index in [1.54, 1.807) is 29.2 Å². The van der Waals surface area contributed by atoms with Crippen molar-refractivity contribution in [3.8, 4) is 17.1 Å². The van der Waals surface area contributed by atoms with Gasteiger partial charge >= 0.3 is 0 Å². The second kappa shape index (κ2) is 13.1. The van der Waals surface area contributed by atoms with Crippen LogP contribution in [0.5, 0.6) is 5.75 Å². The number of nitrogens with one attached hydrogen (secondary N) is 3. The summed E-state index contributed by atoms with van der Waals surface area (Å²) in [6.45, 7) is 3.92. The molecule has 0 bridgehead atoms. The highest BCUT2D eigenvalue weighted by Crippen LogP contribution is 2.38. The highest BCUT2D eigenvalue weighted by Gasteiger charge is 2.32. The van der Waals surface area contributed by atoms with Crippen molar-refractivity contribution in [2.24, 2.45) is 5.92 Å². The number of carbonyl (C=O) groups is 3. The van der Waals surface area contributed by atoms with Gasteiger partial charge in [0.05, 0.1) is 37.3 Å². The minimum atomic E-state index is -0.585. The SMILES string of the molecule is BC(B)(B)NC(=O)c1nnc(NC(=O)C2CC2)cc1Nc1cccc(-c2noc(C(CC)C(=O)N3CCOCC3)n2)c1OC. The Kier molecular flexibility index (Phi) is 9.23. The van der Waals surface area contributed by atoms with E-state index in [4.69, 9.17) is 14.0 Å². The molecule has 3 N–H and O–H groups in total. The zero-order valence-electron chi connectivity index (χ0n) is 25.6. The van der Waals surface area contributed by atoms with E-state index >= 15 is 0 Å². The molecule has 44 heavy (non-hydrogen) atoms. The molecule has 1 saturated heterocycles. The predicted molar refractivity (Wildman–Crippen MR) is 169 cm³/mol. The van der Waals surface area contributed by atoms with Gasteiger partial charge in [-0.25, -0.2) is 0 Å². The lowest BCUT2D eigenvalue weighted by molar-refractivity contribution is -0.137. The standard InChI is InChI=1S/C27H35B3N8O6/c1-3-15(26(41)38-9-11-43-12-10-38)25-33-22(37-44-25)16-5-4-6-17(21(16)42-2)31-18-13-19(32-23(39)14-7-8-14)35-36-20(18)24(40)34-27(28,29)30/h4-6,13-15H,3,7-12,28-30H2,1-2H3,(H,34,40)(H2,31,32,35,39). The highest BCUT2D eigenvalue weighted by atomic mass is 16.5. The largest absolute Gasteiger partial charge is 0.494 e. The van der Waals surface area contributed by atoms with Gasteiger partial charge < -0.3 is 34.8 Å². The molecule has 1 aliphatic carbocycles. The molecular weight excluding hydrogens is 565 g/mol. The number of ether oxygens (including phenoxy) is 2. The molecule has 0 radical (unpaired) electrons. The van der Waals surface area contributed by atoms with E-state index in [-0.39, 0.29) is 41.0 Å². The summed E-state index contributed by atoms with van der Waals surface area (Å²) in [5.41, 5.74) is 1.32. The van der Waals surface area contributed by atoms with Crippen LogP contribution >= 0.6 is 0 Å². The molecular formula is C27H35B3N8O6. The zero-order valence-corrected chi connectivity index (χ0v) is 25.6. The summed E-state index contributed by atoms with van der Waals surface area (Å²) in [6, 6.07) is 6.86. The van der Waals surface area contributed by atoms with E-state index in [0.717, 1.165) is 12.8 Å². The van der Waals surface area contributed by atoms with Crippen molar-refractivity contribution >= 4 is 58.5 Å². The van der Waals surface area contributed by atoms with Crippen molar-refractivity contribution in [3.63, 3.8) is 0 Å². The first kappa shape index (κ1) is 31.0. The molecule has 1 saturated carbocycles. The van der Waals surface area contributed by atoms with Crippen LogP contribution in [-0.2, 0) is 14.3 Å². The summed E-state index contributed by atoms with van der Waals surface area (Å²) in [7, 11) is 7.08. The van der Waals surface area contributed by atoms with Crippen LogP contribution in [-0.4, -0.2) is 105 Å². The summed E-state index contributed by atoms with van der Waals surface area (Å²) in [5.74, 6) is -0.241. The Hall–Kier alpha value is -4.40. The second-order valence-electron chi connectivity index (χ2n) is 11.8. The average Bonchev–Trinajstić information content (AvgIpc) is 3.75. The second-order valence-corrected chi connectivity index (χ2v) is 11.8. The van der Waals surface area contributed by atoms with Gasteiger partial charge in [0.2, 0.25) is 23.5 Å². The number of carbonyl (C=O) groups excluding carboxylic acids is 3. The summed E-state index contributed by atoms with van der Waals surface area (Å²) in [6.07, 6.45) is 2.15. The number of anilines is 3. The van der Waals surface area contributed by atoms with Crippen LogP contribution in [0.15, 0.2) is 28.8 Å². The minimum Gasteiger partial charge on any atom is -0.494 e. The van der Waals surface area contributed by atoms with E-state index in [9.17, 15) is 14.4 Å². The van der Waals surface area contributed by atoms with E-state index in [1.807, 2.05) is 30.5 Å². The lowest BCUT2D eigenvalue weighted by Gasteiger charge is -2.29. The molecule has 3 amide bonds. The Balaban J connectivity index is 1.45. The Morgan fingerprint density at radius 1 is 1.14 bits per heavy atom. The number of methoxy groups -OCH3 is 1. The number of hydrogen-bond acceptors (Lipinski definition) is 11. The summed E-state index contributed by atoms with van der Waals surface area (Å²) in [4.78, 5) is 45.1. The molecule has 0 spiro atoms. The quantitative estimate of drug-likeness (QED) is 0.236. The van der Waals surface area contributed by atoms with Crippen LogP contribution in [0.2, 0.25) is 0 Å². The molecule has 1 aliphatic heterocycles. The Bertz CT molecular complexity index is 1540. The van der Waals surface area contributed by atoms with Crippen molar-refractivity contribution in [1.29, 1.82) is 0 Å². The van der Waals surface area contributed by atoms with Crippen LogP contribution in [0.3, 0.4) is 0 Å². The Morgan fingerprint density at radius 2 is 1.89 bits per heavy atom. The van der Waals surface area contributed by atoms with Gasteiger partial charge in [-0.15, -0.1) is 10.2 Å². The maximum atomic E-state index is 13.2. The topological polar surface area (TPSA) is 174 Å². The van der Waals surface area contributed by atoms with Crippen LogP contribution in [0.1, 0.15) is 48.5 Å². The van der Waals surface area contributed by atoms with Crippen molar-refractivity contribution < 1.29 is 28.4 Å². The maximum Gasteiger partial charge on any atom is 0.272 e. The van der Waals surface area contributed by atoms with Crippen LogP contribution in [0.25, 0.3) is 11.4 Å². The number of morpholine rings is 1. The molecule has 5 rings (SSSR count). The molecule has 2 aromatic heterocycles. The predicted octanol–water partition coefficient (Wildman–Crippen LogP) is -0.780. The van der Waals surface area contributed by atoms with Gasteiger partial charge in [0.15, 0.2) is 17.3 Å². The Labute approximate surface area is 257 Å². The van der Waals surface area contributed by atoms with Gasteiger partial charge in [0, 0.05) is 25.1 Å². The number of rotatable bonds is 11. The minimum absolute atomic E-state index is 0.0334. The van der Waals surface area contributed by atoms with Crippen LogP contribution in [0, 0.1) is 5.92 Å². The van der Waals surface area contributed by atoms with E-state index in [1.165, 1.54) is 7.11 Å². The molecule has 2 fully saturated rings. The normalized spacial score (nSPS) is 15.7.